The van der Waals surface area contributed by atoms with Crippen LogP contribution in [0.2, 0.25) is 0 Å². The SMILES string of the molecule is COC(=O)N1CC2(CCNCC2)c2ccccc21. The van der Waals surface area contributed by atoms with Crippen LogP contribution >= 0.6 is 0 Å². The van der Waals surface area contributed by atoms with E-state index in [1.165, 1.54) is 12.7 Å². The molecular weight excluding hydrogens is 228 g/mol. The van der Waals surface area contributed by atoms with Crippen LogP contribution in [0.3, 0.4) is 0 Å². The van der Waals surface area contributed by atoms with Gasteiger partial charge < -0.3 is 10.1 Å². The molecule has 2 aliphatic heterocycles. The number of para-hydroxylation sites is 1. The summed E-state index contributed by atoms with van der Waals surface area (Å²) >= 11 is 0. The van der Waals surface area contributed by atoms with E-state index in [0.717, 1.165) is 38.2 Å². The van der Waals surface area contributed by atoms with Crippen molar-refractivity contribution >= 4 is 11.8 Å². The van der Waals surface area contributed by atoms with E-state index in [2.05, 4.69) is 17.4 Å². The Hall–Kier alpha value is -1.55. The van der Waals surface area contributed by atoms with E-state index in [0.29, 0.717) is 0 Å². The fourth-order valence-corrected chi connectivity index (χ4v) is 3.24. The van der Waals surface area contributed by atoms with E-state index in [1.54, 1.807) is 4.90 Å². The Bertz CT molecular complexity index is 467. The number of carbonyl (C=O) groups excluding carboxylic acids is 1. The molecule has 1 saturated heterocycles. The van der Waals surface area contributed by atoms with Crippen molar-refractivity contribution in [2.75, 3.05) is 31.6 Å². The van der Waals surface area contributed by atoms with Gasteiger partial charge in [0, 0.05) is 12.0 Å². The molecule has 0 aromatic heterocycles. The van der Waals surface area contributed by atoms with Crippen LogP contribution in [-0.4, -0.2) is 32.8 Å². The summed E-state index contributed by atoms with van der Waals surface area (Å²) in [5, 5.41) is 3.39. The summed E-state index contributed by atoms with van der Waals surface area (Å²) in [7, 11) is 1.44. The fraction of sp³-hybridized carbons (Fsp3) is 0.500. The molecule has 1 N–H and O–H groups in total. The van der Waals surface area contributed by atoms with E-state index >= 15 is 0 Å². The molecule has 4 heteroatoms. The smallest absolute Gasteiger partial charge is 0.414 e. The van der Waals surface area contributed by atoms with Gasteiger partial charge in [-0.15, -0.1) is 0 Å². The first-order valence-corrected chi connectivity index (χ1v) is 6.43. The van der Waals surface area contributed by atoms with Crippen LogP contribution in [0.15, 0.2) is 24.3 Å². The number of rotatable bonds is 0. The first-order valence-electron chi connectivity index (χ1n) is 6.43. The lowest BCUT2D eigenvalue weighted by atomic mass is 9.75. The molecule has 3 rings (SSSR count). The van der Waals surface area contributed by atoms with Gasteiger partial charge in [-0.1, -0.05) is 18.2 Å². The van der Waals surface area contributed by atoms with E-state index in [1.807, 2.05) is 12.1 Å². The molecule has 0 atom stereocenters. The van der Waals surface area contributed by atoms with Crippen LogP contribution in [0.25, 0.3) is 0 Å². The van der Waals surface area contributed by atoms with Gasteiger partial charge >= 0.3 is 6.09 Å². The van der Waals surface area contributed by atoms with Crippen molar-refractivity contribution in [1.82, 2.24) is 5.32 Å². The van der Waals surface area contributed by atoms with Crippen LogP contribution in [0.1, 0.15) is 18.4 Å². The molecule has 1 amide bonds. The summed E-state index contributed by atoms with van der Waals surface area (Å²) in [6.07, 6.45) is 1.91. The normalized spacial score (nSPS) is 20.8. The second-order valence-corrected chi connectivity index (χ2v) is 5.10. The van der Waals surface area contributed by atoms with E-state index in [4.69, 9.17) is 4.74 Å². The number of hydrogen-bond acceptors (Lipinski definition) is 3. The second kappa shape index (κ2) is 4.28. The summed E-state index contributed by atoms with van der Waals surface area (Å²) in [5.41, 5.74) is 2.44. The molecule has 2 heterocycles. The molecule has 1 spiro atoms. The second-order valence-electron chi connectivity index (χ2n) is 5.10. The Kier molecular flexibility index (Phi) is 2.74. The third-order valence-corrected chi connectivity index (χ3v) is 4.18. The molecule has 4 nitrogen and oxygen atoms in total. The zero-order valence-corrected chi connectivity index (χ0v) is 10.6. The van der Waals surface area contributed by atoms with Gasteiger partial charge in [-0.25, -0.2) is 4.79 Å². The Balaban J connectivity index is 2.03. The van der Waals surface area contributed by atoms with Crippen LogP contribution in [0.4, 0.5) is 10.5 Å². The highest BCUT2D eigenvalue weighted by molar-refractivity contribution is 5.91. The molecule has 96 valence electrons. The minimum Gasteiger partial charge on any atom is -0.452 e. The maximum atomic E-state index is 11.9. The monoisotopic (exact) mass is 246 g/mol. The van der Waals surface area contributed by atoms with Crippen LogP contribution in [-0.2, 0) is 10.2 Å². The number of anilines is 1. The molecule has 0 bridgehead atoms. The van der Waals surface area contributed by atoms with Crippen LogP contribution < -0.4 is 10.2 Å². The quantitative estimate of drug-likeness (QED) is 0.760. The van der Waals surface area contributed by atoms with Gasteiger partial charge in [-0.3, -0.25) is 4.90 Å². The van der Waals surface area contributed by atoms with Crippen molar-refractivity contribution in [3.8, 4) is 0 Å². The number of methoxy groups -OCH3 is 1. The number of amides is 1. The molecule has 0 saturated carbocycles. The Labute approximate surface area is 107 Å². The molecule has 18 heavy (non-hydrogen) atoms. The predicted molar refractivity (Wildman–Crippen MR) is 70.0 cm³/mol. The van der Waals surface area contributed by atoms with Crippen molar-refractivity contribution in [1.29, 1.82) is 0 Å². The number of fused-ring (bicyclic) bond motifs is 2. The number of nitrogens with zero attached hydrogens (tertiary/aromatic N) is 1. The number of piperidine rings is 1. The zero-order valence-electron chi connectivity index (χ0n) is 10.6. The number of carbonyl (C=O) groups is 1. The third-order valence-electron chi connectivity index (χ3n) is 4.18. The average molecular weight is 246 g/mol. The highest BCUT2D eigenvalue weighted by Gasteiger charge is 2.45. The lowest BCUT2D eigenvalue weighted by Gasteiger charge is -2.34. The zero-order chi connectivity index (χ0) is 12.6. The number of ether oxygens (including phenoxy) is 1. The van der Waals surface area contributed by atoms with E-state index in [-0.39, 0.29) is 11.5 Å². The Morgan fingerprint density at radius 3 is 2.78 bits per heavy atom. The minimum absolute atomic E-state index is 0.121. The van der Waals surface area contributed by atoms with Crippen molar-refractivity contribution in [2.24, 2.45) is 0 Å². The van der Waals surface area contributed by atoms with Crippen molar-refractivity contribution in [3.05, 3.63) is 29.8 Å². The van der Waals surface area contributed by atoms with Crippen molar-refractivity contribution in [3.63, 3.8) is 0 Å². The fourth-order valence-electron chi connectivity index (χ4n) is 3.24. The average Bonchev–Trinajstić information content (AvgIpc) is 2.74. The molecule has 0 unspecified atom stereocenters. The lowest BCUT2D eigenvalue weighted by molar-refractivity contribution is 0.177. The van der Waals surface area contributed by atoms with Gasteiger partial charge in [-0.2, -0.15) is 0 Å². The first kappa shape index (κ1) is 11.5. The highest BCUT2D eigenvalue weighted by atomic mass is 16.5. The minimum atomic E-state index is -0.252. The maximum absolute atomic E-state index is 11.9. The van der Waals surface area contributed by atoms with Gasteiger partial charge in [0.25, 0.3) is 0 Å². The summed E-state index contributed by atoms with van der Waals surface area (Å²) in [4.78, 5) is 13.7. The Morgan fingerprint density at radius 2 is 2.06 bits per heavy atom. The predicted octanol–water partition coefficient (Wildman–Crippen LogP) is 1.89. The topological polar surface area (TPSA) is 41.6 Å². The molecule has 1 fully saturated rings. The van der Waals surface area contributed by atoms with E-state index in [9.17, 15) is 4.79 Å². The first-order chi connectivity index (χ1) is 8.77. The number of hydrogen-bond donors (Lipinski definition) is 1. The number of benzene rings is 1. The summed E-state index contributed by atoms with van der Waals surface area (Å²) in [6.45, 7) is 2.79. The maximum Gasteiger partial charge on any atom is 0.414 e. The summed E-state index contributed by atoms with van der Waals surface area (Å²) in [6, 6.07) is 8.21. The molecular formula is C14H18N2O2. The lowest BCUT2D eigenvalue weighted by Crippen LogP contribution is -2.44. The third kappa shape index (κ3) is 1.60. The van der Waals surface area contributed by atoms with Gasteiger partial charge in [0.05, 0.1) is 12.8 Å². The van der Waals surface area contributed by atoms with Crippen LogP contribution in [0.5, 0.6) is 0 Å². The van der Waals surface area contributed by atoms with Gasteiger partial charge in [0.2, 0.25) is 0 Å². The Morgan fingerprint density at radius 1 is 1.33 bits per heavy atom. The van der Waals surface area contributed by atoms with Gasteiger partial charge in [-0.05, 0) is 37.6 Å². The molecule has 1 aromatic carbocycles. The standard InChI is InChI=1S/C14H18N2O2/c1-18-13(17)16-10-14(6-8-15-9-7-14)11-4-2-3-5-12(11)16/h2-5,15H,6-10H2,1H3. The van der Waals surface area contributed by atoms with Gasteiger partial charge in [0.1, 0.15) is 0 Å². The van der Waals surface area contributed by atoms with Gasteiger partial charge in [0.15, 0.2) is 0 Å². The molecule has 0 aliphatic carbocycles. The van der Waals surface area contributed by atoms with Crippen molar-refractivity contribution < 1.29 is 9.53 Å². The summed E-state index contributed by atoms with van der Waals surface area (Å²) < 4.78 is 4.90. The molecule has 2 aliphatic rings. The van der Waals surface area contributed by atoms with Crippen LogP contribution in [0, 0.1) is 0 Å². The number of nitrogens with one attached hydrogen (secondary N) is 1. The largest absolute Gasteiger partial charge is 0.452 e. The van der Waals surface area contributed by atoms with Crippen molar-refractivity contribution in [2.45, 2.75) is 18.3 Å². The molecule has 0 radical (unpaired) electrons. The van der Waals surface area contributed by atoms with E-state index < -0.39 is 0 Å². The highest BCUT2D eigenvalue weighted by Crippen LogP contribution is 2.45. The molecule has 1 aromatic rings. The summed E-state index contributed by atoms with van der Waals surface area (Å²) in [5.74, 6) is 0.